The Hall–Kier alpha value is -1.10. The largest absolute Gasteiger partial charge is 0.481 e. The van der Waals surface area contributed by atoms with Gasteiger partial charge in [0, 0.05) is 6.54 Å². The summed E-state index contributed by atoms with van der Waals surface area (Å²) in [6, 6.07) is -0.108. The Morgan fingerprint density at radius 3 is 2.56 bits per heavy atom. The van der Waals surface area contributed by atoms with Crippen molar-refractivity contribution in [1.82, 2.24) is 4.90 Å². The van der Waals surface area contributed by atoms with Crippen molar-refractivity contribution in [2.75, 3.05) is 13.2 Å². The van der Waals surface area contributed by atoms with Crippen LogP contribution in [0.5, 0.6) is 0 Å². The Morgan fingerprint density at radius 2 is 1.94 bits per heavy atom. The van der Waals surface area contributed by atoms with E-state index in [9.17, 15) is 19.8 Å². The van der Waals surface area contributed by atoms with Crippen molar-refractivity contribution < 1.29 is 19.8 Å². The number of aliphatic hydroxyl groups excluding tert-OH is 1. The number of aliphatic hydroxyl groups is 1. The SMILES string of the molecule is CC1C[C@H](C(=O)N2CCCC2CO)[C@H](C(=O)O)C1. The van der Waals surface area contributed by atoms with Gasteiger partial charge in [0.05, 0.1) is 24.5 Å². The topological polar surface area (TPSA) is 77.8 Å². The summed E-state index contributed by atoms with van der Waals surface area (Å²) in [5.74, 6) is -1.59. The number of hydrogen-bond acceptors (Lipinski definition) is 3. The maximum Gasteiger partial charge on any atom is 0.307 e. The fourth-order valence-electron chi connectivity index (χ4n) is 3.37. The number of likely N-dealkylation sites (tertiary alicyclic amines) is 1. The van der Waals surface area contributed by atoms with E-state index in [1.165, 1.54) is 0 Å². The van der Waals surface area contributed by atoms with Gasteiger partial charge in [0.15, 0.2) is 0 Å². The molecule has 1 aliphatic carbocycles. The smallest absolute Gasteiger partial charge is 0.307 e. The van der Waals surface area contributed by atoms with Gasteiger partial charge in [0.25, 0.3) is 0 Å². The fraction of sp³-hybridized carbons (Fsp3) is 0.846. The Kier molecular flexibility index (Phi) is 3.90. The van der Waals surface area contributed by atoms with E-state index in [2.05, 4.69) is 0 Å². The van der Waals surface area contributed by atoms with Crippen molar-refractivity contribution in [3.8, 4) is 0 Å². The van der Waals surface area contributed by atoms with Crippen LogP contribution in [0, 0.1) is 17.8 Å². The number of hydrogen-bond donors (Lipinski definition) is 2. The molecular formula is C13H21NO4. The lowest BCUT2D eigenvalue weighted by Gasteiger charge is -2.27. The van der Waals surface area contributed by atoms with E-state index in [4.69, 9.17) is 0 Å². The van der Waals surface area contributed by atoms with Gasteiger partial charge >= 0.3 is 5.97 Å². The van der Waals surface area contributed by atoms with Crippen molar-refractivity contribution in [2.45, 2.75) is 38.6 Å². The molecule has 5 nitrogen and oxygen atoms in total. The first-order chi connectivity index (χ1) is 8.54. The second-order valence-electron chi connectivity index (χ2n) is 5.64. The molecule has 5 heteroatoms. The lowest BCUT2D eigenvalue weighted by Crippen LogP contribution is -2.43. The van der Waals surface area contributed by atoms with Crippen LogP contribution in [0.2, 0.25) is 0 Å². The molecule has 1 saturated heterocycles. The quantitative estimate of drug-likeness (QED) is 0.779. The van der Waals surface area contributed by atoms with Crippen LogP contribution in [0.15, 0.2) is 0 Å². The van der Waals surface area contributed by atoms with Gasteiger partial charge in [-0.25, -0.2) is 0 Å². The molecule has 1 amide bonds. The van der Waals surface area contributed by atoms with Gasteiger partial charge in [0.2, 0.25) is 5.91 Å². The van der Waals surface area contributed by atoms with Crippen molar-refractivity contribution in [1.29, 1.82) is 0 Å². The second kappa shape index (κ2) is 5.26. The van der Waals surface area contributed by atoms with Crippen LogP contribution in [0.4, 0.5) is 0 Å². The minimum absolute atomic E-state index is 0.0221. The minimum Gasteiger partial charge on any atom is -0.481 e. The first-order valence-electron chi connectivity index (χ1n) is 6.68. The Bertz CT molecular complexity index is 344. The van der Waals surface area contributed by atoms with Crippen LogP contribution in [0.25, 0.3) is 0 Å². The van der Waals surface area contributed by atoms with E-state index >= 15 is 0 Å². The predicted molar refractivity (Wildman–Crippen MR) is 64.8 cm³/mol. The molecule has 2 fully saturated rings. The minimum atomic E-state index is -0.863. The molecule has 0 radical (unpaired) electrons. The molecule has 2 N–H and O–H groups in total. The lowest BCUT2D eigenvalue weighted by molar-refractivity contribution is -0.149. The Labute approximate surface area is 107 Å². The highest BCUT2D eigenvalue weighted by molar-refractivity contribution is 5.85. The third kappa shape index (κ3) is 2.36. The van der Waals surface area contributed by atoms with E-state index in [1.807, 2.05) is 6.92 Å². The third-order valence-electron chi connectivity index (χ3n) is 4.30. The zero-order valence-corrected chi connectivity index (χ0v) is 10.7. The number of carbonyl (C=O) groups excluding carboxylic acids is 1. The van der Waals surface area contributed by atoms with Gasteiger partial charge in [-0.3, -0.25) is 9.59 Å². The molecule has 1 saturated carbocycles. The van der Waals surface area contributed by atoms with Crippen molar-refractivity contribution >= 4 is 11.9 Å². The molecule has 1 aliphatic heterocycles. The molecule has 2 rings (SSSR count). The molecule has 102 valence electrons. The van der Waals surface area contributed by atoms with E-state index in [0.29, 0.717) is 19.4 Å². The summed E-state index contributed by atoms with van der Waals surface area (Å²) in [5, 5.41) is 18.4. The summed E-state index contributed by atoms with van der Waals surface area (Å²) in [4.78, 5) is 25.3. The van der Waals surface area contributed by atoms with Gasteiger partial charge in [-0.2, -0.15) is 0 Å². The van der Waals surface area contributed by atoms with Crippen LogP contribution >= 0.6 is 0 Å². The summed E-state index contributed by atoms with van der Waals surface area (Å²) in [6.45, 7) is 2.63. The third-order valence-corrected chi connectivity index (χ3v) is 4.30. The number of nitrogens with zero attached hydrogens (tertiary/aromatic N) is 1. The molecule has 0 bridgehead atoms. The molecule has 0 aromatic heterocycles. The summed E-state index contributed by atoms with van der Waals surface area (Å²) >= 11 is 0. The molecule has 0 spiro atoms. The van der Waals surface area contributed by atoms with Gasteiger partial charge in [-0.15, -0.1) is 0 Å². The number of carbonyl (C=O) groups is 2. The van der Waals surface area contributed by atoms with Gasteiger partial charge in [-0.05, 0) is 31.6 Å². The molecule has 2 aliphatic rings. The van der Waals surface area contributed by atoms with Gasteiger partial charge in [0.1, 0.15) is 0 Å². The van der Waals surface area contributed by atoms with Crippen molar-refractivity contribution in [2.24, 2.45) is 17.8 Å². The molecule has 2 unspecified atom stereocenters. The van der Waals surface area contributed by atoms with Crippen LogP contribution in [-0.4, -0.2) is 46.2 Å². The highest BCUT2D eigenvalue weighted by atomic mass is 16.4. The Morgan fingerprint density at radius 1 is 1.28 bits per heavy atom. The van der Waals surface area contributed by atoms with Gasteiger partial charge < -0.3 is 15.1 Å². The Balaban J connectivity index is 2.10. The van der Waals surface area contributed by atoms with E-state index < -0.39 is 17.8 Å². The van der Waals surface area contributed by atoms with E-state index in [1.54, 1.807) is 4.90 Å². The van der Waals surface area contributed by atoms with Crippen molar-refractivity contribution in [3.05, 3.63) is 0 Å². The number of aliphatic carboxylic acids is 1. The summed E-state index contributed by atoms with van der Waals surface area (Å²) in [7, 11) is 0. The average molecular weight is 255 g/mol. The van der Waals surface area contributed by atoms with Crippen LogP contribution in [0.3, 0.4) is 0 Å². The molecular weight excluding hydrogens is 234 g/mol. The summed E-state index contributed by atoms with van der Waals surface area (Å²) in [5.41, 5.74) is 0. The van der Waals surface area contributed by atoms with Crippen LogP contribution in [0.1, 0.15) is 32.6 Å². The standard InChI is InChI=1S/C13H21NO4/c1-8-5-10(11(6-8)13(17)18)12(16)14-4-2-3-9(14)7-15/h8-11,15H,2-7H2,1H3,(H,17,18)/t8?,9?,10-,11+/m0/s1. The maximum atomic E-state index is 12.4. The van der Waals surface area contributed by atoms with Crippen LogP contribution in [-0.2, 0) is 9.59 Å². The van der Waals surface area contributed by atoms with E-state index in [-0.39, 0.29) is 24.5 Å². The highest BCUT2D eigenvalue weighted by Crippen LogP contribution is 2.38. The monoisotopic (exact) mass is 255 g/mol. The summed E-state index contributed by atoms with van der Waals surface area (Å²) < 4.78 is 0. The lowest BCUT2D eigenvalue weighted by atomic mass is 9.94. The number of rotatable bonds is 3. The van der Waals surface area contributed by atoms with Gasteiger partial charge in [-0.1, -0.05) is 6.92 Å². The first kappa shape index (κ1) is 13.3. The molecule has 0 aromatic carbocycles. The number of amides is 1. The normalized spacial score (nSPS) is 36.0. The van der Waals surface area contributed by atoms with Crippen LogP contribution < -0.4 is 0 Å². The first-order valence-corrected chi connectivity index (χ1v) is 6.68. The molecule has 18 heavy (non-hydrogen) atoms. The van der Waals surface area contributed by atoms with Crippen molar-refractivity contribution in [3.63, 3.8) is 0 Å². The average Bonchev–Trinajstić information content (AvgIpc) is 2.93. The summed E-state index contributed by atoms with van der Waals surface area (Å²) in [6.07, 6.45) is 2.97. The number of carboxylic acids is 1. The fourth-order valence-corrected chi connectivity index (χ4v) is 3.37. The molecule has 4 atom stereocenters. The predicted octanol–water partition coefficient (Wildman–Crippen LogP) is 0.717. The number of carboxylic acid groups (broad SMARTS) is 1. The highest BCUT2D eigenvalue weighted by Gasteiger charge is 2.44. The zero-order chi connectivity index (χ0) is 13.3. The van der Waals surface area contributed by atoms with E-state index in [0.717, 1.165) is 12.8 Å². The zero-order valence-electron chi connectivity index (χ0n) is 10.7. The molecule has 1 heterocycles. The molecule has 0 aromatic rings. The maximum absolute atomic E-state index is 12.4. The second-order valence-corrected chi connectivity index (χ2v) is 5.64.